The number of aliphatic carboxylic acids is 2. The predicted octanol–water partition coefficient (Wildman–Crippen LogP) is -0.241. The summed E-state index contributed by atoms with van der Waals surface area (Å²) in [6, 6.07) is 12.1. The summed E-state index contributed by atoms with van der Waals surface area (Å²) in [4.78, 5) is 23.0. The van der Waals surface area contributed by atoms with Crippen molar-refractivity contribution in [3.05, 3.63) is 59.7 Å². The molecular formula is C18H16O6-2. The van der Waals surface area contributed by atoms with Gasteiger partial charge in [-0.05, 0) is 42.5 Å². The van der Waals surface area contributed by atoms with Gasteiger partial charge in [-0.25, -0.2) is 0 Å². The number of hydrogen-bond acceptors (Lipinski definition) is 6. The van der Waals surface area contributed by atoms with E-state index in [1.165, 1.54) is 24.3 Å². The minimum Gasteiger partial charge on any atom is -0.550 e. The van der Waals surface area contributed by atoms with E-state index in [1.807, 2.05) is 0 Å². The number of carboxylic acids is 2. The van der Waals surface area contributed by atoms with Crippen LogP contribution >= 0.6 is 0 Å². The quantitative estimate of drug-likeness (QED) is 0.723. The molecule has 6 nitrogen and oxygen atoms in total. The molecular weight excluding hydrogens is 312 g/mol. The number of hydrogen-bond donors (Lipinski definition) is 2. The van der Waals surface area contributed by atoms with Gasteiger partial charge < -0.3 is 30.0 Å². The third-order valence-electron chi connectivity index (χ3n) is 3.96. The van der Waals surface area contributed by atoms with Crippen LogP contribution in [0, 0.1) is 5.41 Å². The van der Waals surface area contributed by atoms with E-state index in [1.54, 1.807) is 24.3 Å². The molecule has 24 heavy (non-hydrogen) atoms. The van der Waals surface area contributed by atoms with Crippen molar-refractivity contribution in [2.45, 2.75) is 19.3 Å². The van der Waals surface area contributed by atoms with Gasteiger partial charge in [-0.3, -0.25) is 0 Å². The smallest absolute Gasteiger partial charge is 0.118 e. The summed E-state index contributed by atoms with van der Waals surface area (Å²) in [7, 11) is 0. The van der Waals surface area contributed by atoms with Crippen LogP contribution in [0.15, 0.2) is 48.5 Å². The van der Waals surface area contributed by atoms with Crippen LogP contribution in [0.1, 0.15) is 17.5 Å². The summed E-state index contributed by atoms with van der Waals surface area (Å²) in [6.07, 6.45) is -1.35. The van der Waals surface area contributed by atoms with Crippen LogP contribution < -0.4 is 10.2 Å². The molecule has 0 saturated heterocycles. The van der Waals surface area contributed by atoms with Crippen molar-refractivity contribution in [3.63, 3.8) is 0 Å². The van der Waals surface area contributed by atoms with Crippen LogP contribution in [0.25, 0.3) is 0 Å². The highest BCUT2D eigenvalue weighted by atomic mass is 16.4. The molecule has 0 saturated carbocycles. The summed E-state index contributed by atoms with van der Waals surface area (Å²) >= 11 is 0. The first-order chi connectivity index (χ1) is 11.3. The summed E-state index contributed by atoms with van der Waals surface area (Å²) < 4.78 is 0. The van der Waals surface area contributed by atoms with Gasteiger partial charge >= 0.3 is 0 Å². The van der Waals surface area contributed by atoms with Gasteiger partial charge in [0.25, 0.3) is 0 Å². The number of benzene rings is 2. The van der Waals surface area contributed by atoms with Crippen LogP contribution in [0.2, 0.25) is 0 Å². The zero-order chi connectivity index (χ0) is 17.7. The highest BCUT2D eigenvalue weighted by molar-refractivity contribution is 5.80. The Balaban J connectivity index is 2.47. The number of rotatable bonds is 7. The summed E-state index contributed by atoms with van der Waals surface area (Å²) in [5, 5.41) is 42.7. The molecule has 0 amide bonds. The molecule has 2 rings (SSSR count). The van der Waals surface area contributed by atoms with Crippen LogP contribution in [0.5, 0.6) is 11.5 Å². The zero-order valence-electron chi connectivity index (χ0n) is 12.8. The number of phenols is 2. The SMILES string of the molecule is O=C([O-])CC(Cc1ccccc1O)(Cc1ccccc1O)C(=O)[O-]. The van der Waals surface area contributed by atoms with E-state index in [4.69, 9.17) is 0 Å². The van der Waals surface area contributed by atoms with Gasteiger partial charge in [0, 0.05) is 17.4 Å². The molecule has 0 aromatic heterocycles. The van der Waals surface area contributed by atoms with Crippen LogP contribution in [0.3, 0.4) is 0 Å². The molecule has 0 bridgehead atoms. The lowest BCUT2D eigenvalue weighted by molar-refractivity contribution is -0.328. The Morgan fingerprint density at radius 1 is 0.833 bits per heavy atom. The molecule has 0 fully saturated rings. The van der Waals surface area contributed by atoms with Crippen molar-refractivity contribution < 1.29 is 30.0 Å². The van der Waals surface area contributed by atoms with E-state index in [0.29, 0.717) is 0 Å². The highest BCUT2D eigenvalue weighted by Crippen LogP contribution is 2.36. The minimum absolute atomic E-state index is 0.140. The lowest BCUT2D eigenvalue weighted by atomic mass is 9.73. The van der Waals surface area contributed by atoms with Crippen molar-refractivity contribution in [2.75, 3.05) is 0 Å². The third-order valence-corrected chi connectivity index (χ3v) is 3.96. The number of para-hydroxylation sites is 2. The van der Waals surface area contributed by atoms with Crippen molar-refractivity contribution >= 4 is 11.9 Å². The molecule has 0 aliphatic heterocycles. The Morgan fingerprint density at radius 3 is 1.58 bits per heavy atom. The van der Waals surface area contributed by atoms with Gasteiger partial charge in [0.05, 0.1) is 0 Å². The van der Waals surface area contributed by atoms with Crippen LogP contribution in [-0.2, 0) is 22.4 Å². The topological polar surface area (TPSA) is 121 Å². The van der Waals surface area contributed by atoms with Crippen molar-refractivity contribution in [2.24, 2.45) is 5.41 Å². The Labute approximate surface area is 138 Å². The highest BCUT2D eigenvalue weighted by Gasteiger charge is 2.34. The Hall–Kier alpha value is -3.02. The summed E-state index contributed by atoms with van der Waals surface area (Å²) in [6.45, 7) is 0. The second-order valence-corrected chi connectivity index (χ2v) is 5.73. The molecule has 2 aromatic carbocycles. The van der Waals surface area contributed by atoms with Crippen molar-refractivity contribution in [3.8, 4) is 11.5 Å². The van der Waals surface area contributed by atoms with E-state index in [0.717, 1.165) is 0 Å². The molecule has 126 valence electrons. The van der Waals surface area contributed by atoms with Gasteiger partial charge in [-0.1, -0.05) is 36.4 Å². The molecule has 0 heterocycles. The molecule has 0 aliphatic rings. The predicted molar refractivity (Wildman–Crippen MR) is 80.7 cm³/mol. The maximum atomic E-state index is 11.8. The van der Waals surface area contributed by atoms with E-state index >= 15 is 0 Å². The zero-order valence-corrected chi connectivity index (χ0v) is 12.8. The fourth-order valence-electron chi connectivity index (χ4n) is 2.73. The fourth-order valence-corrected chi connectivity index (χ4v) is 2.73. The Morgan fingerprint density at radius 2 is 1.25 bits per heavy atom. The number of carboxylic acid groups (broad SMARTS) is 2. The van der Waals surface area contributed by atoms with Crippen LogP contribution in [-0.4, -0.2) is 22.2 Å². The first kappa shape index (κ1) is 17.3. The molecule has 2 aromatic rings. The van der Waals surface area contributed by atoms with Gasteiger partial charge in [0.15, 0.2) is 0 Å². The molecule has 6 heteroatoms. The largest absolute Gasteiger partial charge is 0.550 e. The van der Waals surface area contributed by atoms with Gasteiger partial charge in [-0.2, -0.15) is 0 Å². The fraction of sp³-hybridized carbons (Fsp3) is 0.222. The first-order valence-electron chi connectivity index (χ1n) is 7.29. The lowest BCUT2D eigenvalue weighted by Crippen LogP contribution is -2.48. The van der Waals surface area contributed by atoms with Crippen molar-refractivity contribution in [1.29, 1.82) is 0 Å². The van der Waals surface area contributed by atoms with Gasteiger partial charge in [0.1, 0.15) is 11.5 Å². The standard InChI is InChI=1S/C18H18O6/c19-14-7-3-1-5-12(14)9-18(17(23)24,11-16(21)22)10-13-6-2-4-8-15(13)20/h1-8,19-20H,9-11H2,(H,21,22)(H,23,24)/p-2. The second kappa shape index (κ2) is 7.04. The Bertz CT molecular complexity index is 705. The van der Waals surface area contributed by atoms with Gasteiger partial charge in [-0.15, -0.1) is 0 Å². The normalized spacial score (nSPS) is 11.2. The summed E-state index contributed by atoms with van der Waals surface area (Å²) in [5.41, 5.74) is -1.31. The van der Waals surface area contributed by atoms with Gasteiger partial charge in [0.2, 0.25) is 0 Å². The van der Waals surface area contributed by atoms with Crippen molar-refractivity contribution in [1.82, 2.24) is 0 Å². The number of aromatic hydroxyl groups is 2. The van der Waals surface area contributed by atoms with E-state index in [9.17, 15) is 30.0 Å². The molecule has 0 atom stereocenters. The first-order valence-corrected chi connectivity index (χ1v) is 7.29. The number of carbonyl (C=O) groups excluding carboxylic acids is 2. The monoisotopic (exact) mass is 328 g/mol. The number of carbonyl (C=O) groups is 2. The molecule has 0 radical (unpaired) electrons. The maximum Gasteiger partial charge on any atom is 0.118 e. The van der Waals surface area contributed by atoms with E-state index in [-0.39, 0.29) is 35.5 Å². The van der Waals surface area contributed by atoms with E-state index < -0.39 is 23.8 Å². The molecule has 0 unspecified atom stereocenters. The average Bonchev–Trinajstić information content (AvgIpc) is 2.51. The minimum atomic E-state index is -1.86. The molecule has 2 N–H and O–H groups in total. The average molecular weight is 328 g/mol. The maximum absolute atomic E-state index is 11.8. The number of phenolic OH excluding ortho intramolecular Hbond substituents is 2. The summed E-state index contributed by atoms with van der Waals surface area (Å²) in [5.74, 6) is -3.42. The molecule has 0 aliphatic carbocycles. The Kier molecular flexibility index (Phi) is 5.08. The van der Waals surface area contributed by atoms with Crippen LogP contribution in [0.4, 0.5) is 0 Å². The molecule has 0 spiro atoms. The van der Waals surface area contributed by atoms with E-state index in [2.05, 4.69) is 0 Å². The third kappa shape index (κ3) is 3.84. The lowest BCUT2D eigenvalue weighted by Gasteiger charge is -2.36. The second-order valence-electron chi connectivity index (χ2n) is 5.73.